The molecule has 2 amide bonds. The highest BCUT2D eigenvalue weighted by Gasteiger charge is 2.35. The van der Waals surface area contributed by atoms with Gasteiger partial charge in [0.2, 0.25) is 0 Å². The number of halogens is 2. The van der Waals surface area contributed by atoms with Crippen LogP contribution in [0.25, 0.3) is 17.0 Å². The number of amides is 2. The Labute approximate surface area is 238 Å². The van der Waals surface area contributed by atoms with Crippen LogP contribution in [0.2, 0.25) is 5.02 Å². The standard InChI is InChI=1S/C29H24BrClN2O4S/c30-21-11-12-25-23(18-21)20(19-32(25)13-6-15-37-26-10-5-4-9-24(26)31)17-27-28(34)33(29(35)38-27)14-16-36-22-7-2-1-3-8-22/h1-5,7-12,17-19H,6,13-16H2/b27-17-. The summed E-state index contributed by atoms with van der Waals surface area (Å²) in [5.74, 6) is 1.06. The summed E-state index contributed by atoms with van der Waals surface area (Å²) < 4.78 is 14.6. The van der Waals surface area contributed by atoms with Crippen LogP contribution in [0, 0.1) is 0 Å². The summed E-state index contributed by atoms with van der Waals surface area (Å²) in [4.78, 5) is 27.3. The Morgan fingerprint density at radius 1 is 0.921 bits per heavy atom. The largest absolute Gasteiger partial charge is 0.492 e. The van der Waals surface area contributed by atoms with E-state index in [1.54, 1.807) is 12.1 Å². The molecule has 9 heteroatoms. The van der Waals surface area contributed by atoms with Gasteiger partial charge in [-0.3, -0.25) is 14.5 Å². The van der Waals surface area contributed by atoms with E-state index in [4.69, 9.17) is 21.1 Å². The fourth-order valence-corrected chi connectivity index (χ4v) is 5.59. The van der Waals surface area contributed by atoms with Crippen LogP contribution in [-0.4, -0.2) is 40.4 Å². The minimum atomic E-state index is -0.305. The van der Waals surface area contributed by atoms with Crippen molar-refractivity contribution < 1.29 is 19.1 Å². The highest BCUT2D eigenvalue weighted by atomic mass is 79.9. The number of benzene rings is 3. The number of hydrogen-bond acceptors (Lipinski definition) is 5. The molecule has 38 heavy (non-hydrogen) atoms. The average molecular weight is 612 g/mol. The number of para-hydroxylation sites is 2. The zero-order valence-corrected chi connectivity index (χ0v) is 23.5. The van der Waals surface area contributed by atoms with E-state index in [2.05, 4.69) is 20.5 Å². The molecular formula is C29H24BrClN2O4S. The smallest absolute Gasteiger partial charge is 0.293 e. The van der Waals surface area contributed by atoms with Crippen LogP contribution >= 0.6 is 39.3 Å². The molecule has 1 aliphatic rings. The summed E-state index contributed by atoms with van der Waals surface area (Å²) in [6, 6.07) is 22.8. The van der Waals surface area contributed by atoms with Crippen LogP contribution in [-0.2, 0) is 11.3 Å². The number of ether oxygens (including phenoxy) is 2. The van der Waals surface area contributed by atoms with Crippen molar-refractivity contribution in [2.45, 2.75) is 13.0 Å². The van der Waals surface area contributed by atoms with Crippen LogP contribution in [0.3, 0.4) is 0 Å². The molecule has 5 rings (SSSR count). The third-order valence-electron chi connectivity index (χ3n) is 6.00. The van der Waals surface area contributed by atoms with Gasteiger partial charge in [-0.15, -0.1) is 0 Å². The van der Waals surface area contributed by atoms with Gasteiger partial charge in [-0.05, 0) is 66.7 Å². The van der Waals surface area contributed by atoms with Crippen LogP contribution < -0.4 is 9.47 Å². The number of thioether (sulfide) groups is 1. The molecule has 2 heterocycles. The van der Waals surface area contributed by atoms with Crippen molar-refractivity contribution in [1.29, 1.82) is 0 Å². The van der Waals surface area contributed by atoms with Gasteiger partial charge in [0.1, 0.15) is 18.1 Å². The Hall–Kier alpha value is -3.20. The number of fused-ring (bicyclic) bond motifs is 1. The molecule has 0 N–H and O–H groups in total. The van der Waals surface area contributed by atoms with Crippen molar-refractivity contribution in [3.8, 4) is 11.5 Å². The Bertz CT molecular complexity index is 1510. The summed E-state index contributed by atoms with van der Waals surface area (Å²) in [5, 5.41) is 1.29. The molecule has 0 spiro atoms. The quantitative estimate of drug-likeness (QED) is 0.136. The molecule has 1 fully saturated rings. The van der Waals surface area contributed by atoms with Gasteiger partial charge in [0, 0.05) is 33.7 Å². The molecule has 3 aromatic carbocycles. The summed E-state index contributed by atoms with van der Waals surface area (Å²) in [6.45, 7) is 1.65. The topological polar surface area (TPSA) is 60.8 Å². The molecular weight excluding hydrogens is 588 g/mol. The summed E-state index contributed by atoms with van der Waals surface area (Å²) in [6.07, 6.45) is 4.58. The van der Waals surface area contributed by atoms with E-state index in [1.807, 2.05) is 72.9 Å². The average Bonchev–Trinajstić information content (AvgIpc) is 3.39. The van der Waals surface area contributed by atoms with E-state index < -0.39 is 0 Å². The molecule has 1 saturated heterocycles. The Balaban J connectivity index is 1.28. The first kappa shape index (κ1) is 26.4. The van der Waals surface area contributed by atoms with Gasteiger partial charge < -0.3 is 14.0 Å². The maximum atomic E-state index is 13.1. The van der Waals surface area contributed by atoms with Gasteiger partial charge in [-0.25, -0.2) is 0 Å². The van der Waals surface area contributed by atoms with Crippen LogP contribution in [0.15, 0.2) is 88.4 Å². The number of imide groups is 1. The molecule has 194 valence electrons. The van der Waals surface area contributed by atoms with E-state index in [1.165, 1.54) is 4.90 Å². The molecule has 0 radical (unpaired) electrons. The number of hydrogen-bond donors (Lipinski definition) is 0. The zero-order valence-electron chi connectivity index (χ0n) is 20.3. The van der Waals surface area contributed by atoms with Gasteiger partial charge >= 0.3 is 0 Å². The van der Waals surface area contributed by atoms with E-state index in [-0.39, 0.29) is 24.3 Å². The number of nitrogens with zero attached hydrogens (tertiary/aromatic N) is 2. The number of carbonyl (C=O) groups is 2. The Morgan fingerprint density at radius 2 is 1.71 bits per heavy atom. The number of aryl methyl sites for hydroxylation is 1. The Morgan fingerprint density at radius 3 is 2.53 bits per heavy atom. The first-order valence-electron chi connectivity index (χ1n) is 12.1. The SMILES string of the molecule is O=C1S/C(=C\c2cn(CCCOc3ccccc3Cl)c3ccc(Br)cc23)C(=O)N1CCOc1ccccc1. The van der Waals surface area contributed by atoms with E-state index in [9.17, 15) is 9.59 Å². The summed E-state index contributed by atoms with van der Waals surface area (Å²) >= 11 is 10.7. The normalized spacial score (nSPS) is 14.6. The van der Waals surface area contributed by atoms with E-state index in [0.717, 1.165) is 39.1 Å². The number of aromatic nitrogens is 1. The van der Waals surface area contributed by atoms with Crippen molar-refractivity contribution in [3.63, 3.8) is 0 Å². The zero-order chi connectivity index (χ0) is 26.5. The fourth-order valence-electron chi connectivity index (χ4n) is 4.18. The van der Waals surface area contributed by atoms with Crippen molar-refractivity contribution in [1.82, 2.24) is 9.47 Å². The maximum Gasteiger partial charge on any atom is 0.293 e. The van der Waals surface area contributed by atoms with Gasteiger partial charge in [0.25, 0.3) is 11.1 Å². The van der Waals surface area contributed by atoms with E-state index >= 15 is 0 Å². The first-order valence-corrected chi connectivity index (χ1v) is 14.1. The Kier molecular flexibility index (Phi) is 8.42. The third kappa shape index (κ3) is 6.09. The van der Waals surface area contributed by atoms with Gasteiger partial charge in [0.05, 0.1) is 23.1 Å². The fraction of sp³-hybridized carbons (Fsp3) is 0.172. The molecule has 0 saturated carbocycles. The van der Waals surface area contributed by atoms with Crippen molar-refractivity contribution >= 4 is 67.4 Å². The van der Waals surface area contributed by atoms with Crippen molar-refractivity contribution in [3.05, 3.63) is 99.0 Å². The molecule has 0 atom stereocenters. The summed E-state index contributed by atoms with van der Waals surface area (Å²) in [5.41, 5.74) is 1.91. The lowest BCUT2D eigenvalue weighted by Crippen LogP contribution is -2.32. The van der Waals surface area contributed by atoms with E-state index in [0.29, 0.717) is 34.6 Å². The predicted octanol–water partition coefficient (Wildman–Crippen LogP) is 7.64. The summed E-state index contributed by atoms with van der Waals surface area (Å²) in [7, 11) is 0. The lowest BCUT2D eigenvalue weighted by atomic mass is 10.1. The maximum absolute atomic E-state index is 13.1. The highest BCUT2D eigenvalue weighted by molar-refractivity contribution is 9.10. The van der Waals surface area contributed by atoms with Gasteiger partial charge in [0.15, 0.2) is 0 Å². The number of rotatable bonds is 10. The third-order valence-corrected chi connectivity index (χ3v) is 7.71. The van der Waals surface area contributed by atoms with Crippen LogP contribution in [0.5, 0.6) is 11.5 Å². The van der Waals surface area contributed by atoms with Gasteiger partial charge in [-0.2, -0.15) is 0 Å². The molecule has 0 unspecified atom stereocenters. The van der Waals surface area contributed by atoms with Crippen LogP contribution in [0.1, 0.15) is 12.0 Å². The first-order chi connectivity index (χ1) is 18.5. The van der Waals surface area contributed by atoms with Gasteiger partial charge in [-0.1, -0.05) is 57.9 Å². The molecule has 0 aliphatic carbocycles. The number of carbonyl (C=O) groups excluding carboxylic acids is 2. The minimum absolute atomic E-state index is 0.190. The van der Waals surface area contributed by atoms with Crippen molar-refractivity contribution in [2.75, 3.05) is 19.8 Å². The lowest BCUT2D eigenvalue weighted by Gasteiger charge is -2.13. The second-order valence-electron chi connectivity index (χ2n) is 8.57. The molecule has 4 aromatic rings. The molecule has 0 bridgehead atoms. The van der Waals surface area contributed by atoms with Crippen molar-refractivity contribution in [2.24, 2.45) is 0 Å². The molecule has 1 aromatic heterocycles. The monoisotopic (exact) mass is 610 g/mol. The second kappa shape index (κ2) is 12.1. The predicted molar refractivity (Wildman–Crippen MR) is 156 cm³/mol. The second-order valence-corrected chi connectivity index (χ2v) is 10.9. The lowest BCUT2D eigenvalue weighted by molar-refractivity contribution is -0.123. The van der Waals surface area contributed by atoms with Crippen LogP contribution in [0.4, 0.5) is 4.79 Å². The minimum Gasteiger partial charge on any atom is -0.492 e. The molecule has 1 aliphatic heterocycles. The molecule has 6 nitrogen and oxygen atoms in total. The highest BCUT2D eigenvalue weighted by Crippen LogP contribution is 2.35.